The number of nitrogen functional groups attached to an aromatic ring is 1. The lowest BCUT2D eigenvalue weighted by Gasteiger charge is -2.34. The Morgan fingerprint density at radius 2 is 1.36 bits per heavy atom. The molecule has 0 radical (unpaired) electrons. The molecule has 0 spiro atoms. The normalized spacial score (nSPS) is 14.1. The van der Waals surface area contributed by atoms with Gasteiger partial charge in [0.2, 0.25) is 5.95 Å². The SMILES string of the molecule is CC(C)C(C)(c1ccc(-c2cnc(N)nc2)cc1)c1ccc(C(C)(C)O)cn1. The van der Waals surface area contributed by atoms with Gasteiger partial charge in [-0.15, -0.1) is 0 Å². The molecule has 28 heavy (non-hydrogen) atoms. The molecule has 5 nitrogen and oxygen atoms in total. The number of pyridine rings is 1. The highest BCUT2D eigenvalue weighted by Gasteiger charge is 2.34. The van der Waals surface area contributed by atoms with Crippen molar-refractivity contribution in [3.05, 3.63) is 71.8 Å². The monoisotopic (exact) mass is 376 g/mol. The molecule has 2 aromatic heterocycles. The fraction of sp³-hybridized carbons (Fsp3) is 0.348. The number of aliphatic hydroxyl groups is 1. The lowest BCUT2D eigenvalue weighted by molar-refractivity contribution is 0.0781. The van der Waals surface area contributed by atoms with Crippen molar-refractivity contribution >= 4 is 5.95 Å². The fourth-order valence-corrected chi connectivity index (χ4v) is 3.34. The molecule has 3 rings (SSSR count). The van der Waals surface area contributed by atoms with Crippen molar-refractivity contribution in [2.75, 3.05) is 5.73 Å². The van der Waals surface area contributed by atoms with E-state index >= 15 is 0 Å². The molecule has 0 saturated heterocycles. The molecule has 0 aliphatic rings. The molecule has 1 atom stereocenters. The van der Waals surface area contributed by atoms with Gasteiger partial charge in [0.25, 0.3) is 0 Å². The van der Waals surface area contributed by atoms with Crippen LogP contribution >= 0.6 is 0 Å². The van der Waals surface area contributed by atoms with Crippen LogP contribution in [0, 0.1) is 5.92 Å². The second-order valence-corrected chi connectivity index (χ2v) is 8.26. The highest BCUT2D eigenvalue weighted by Crippen LogP contribution is 2.39. The van der Waals surface area contributed by atoms with Gasteiger partial charge in [-0.2, -0.15) is 0 Å². The molecule has 0 aliphatic carbocycles. The smallest absolute Gasteiger partial charge is 0.219 e. The lowest BCUT2D eigenvalue weighted by Crippen LogP contribution is -2.31. The van der Waals surface area contributed by atoms with Crippen molar-refractivity contribution in [3.63, 3.8) is 0 Å². The predicted octanol–water partition coefficient (Wildman–Crippen LogP) is 4.31. The third kappa shape index (κ3) is 3.76. The number of hydrogen-bond acceptors (Lipinski definition) is 5. The summed E-state index contributed by atoms with van der Waals surface area (Å²) in [5, 5.41) is 10.2. The minimum absolute atomic E-state index is 0.256. The van der Waals surface area contributed by atoms with Gasteiger partial charge in [0.05, 0.1) is 11.3 Å². The summed E-state index contributed by atoms with van der Waals surface area (Å²) in [4.78, 5) is 12.8. The maximum Gasteiger partial charge on any atom is 0.219 e. The molecule has 3 N–H and O–H groups in total. The molecular formula is C23H28N4O. The topological polar surface area (TPSA) is 84.9 Å². The Bertz CT molecular complexity index is 926. The summed E-state index contributed by atoms with van der Waals surface area (Å²) >= 11 is 0. The molecule has 0 bridgehead atoms. The van der Waals surface area contributed by atoms with Crippen molar-refractivity contribution in [1.29, 1.82) is 0 Å². The van der Waals surface area contributed by atoms with Gasteiger partial charge in [-0.25, -0.2) is 9.97 Å². The van der Waals surface area contributed by atoms with E-state index in [1.165, 1.54) is 5.56 Å². The van der Waals surface area contributed by atoms with Crippen molar-refractivity contribution < 1.29 is 5.11 Å². The summed E-state index contributed by atoms with van der Waals surface area (Å²) < 4.78 is 0. The van der Waals surface area contributed by atoms with Crippen LogP contribution in [0.4, 0.5) is 5.95 Å². The summed E-state index contributed by atoms with van der Waals surface area (Å²) in [7, 11) is 0. The Labute approximate surface area is 166 Å². The van der Waals surface area contributed by atoms with E-state index in [0.717, 1.165) is 22.4 Å². The summed E-state index contributed by atoms with van der Waals surface area (Å²) in [5.41, 5.74) is 9.37. The first kappa shape index (κ1) is 20.0. The van der Waals surface area contributed by atoms with Crippen molar-refractivity contribution in [2.24, 2.45) is 5.92 Å². The van der Waals surface area contributed by atoms with E-state index < -0.39 is 5.60 Å². The van der Waals surface area contributed by atoms with Crippen molar-refractivity contribution in [2.45, 2.75) is 45.6 Å². The van der Waals surface area contributed by atoms with Crippen LogP contribution < -0.4 is 5.73 Å². The van der Waals surface area contributed by atoms with Crippen LogP contribution in [-0.4, -0.2) is 20.1 Å². The van der Waals surface area contributed by atoms with Crippen molar-refractivity contribution in [1.82, 2.24) is 15.0 Å². The fourth-order valence-electron chi connectivity index (χ4n) is 3.34. The molecule has 1 aromatic carbocycles. The van der Waals surface area contributed by atoms with Crippen LogP contribution in [0.25, 0.3) is 11.1 Å². The Morgan fingerprint density at radius 1 is 0.786 bits per heavy atom. The zero-order valence-corrected chi connectivity index (χ0v) is 17.1. The van der Waals surface area contributed by atoms with Crippen LogP contribution in [0.2, 0.25) is 0 Å². The zero-order valence-electron chi connectivity index (χ0n) is 17.1. The molecule has 5 heteroatoms. The number of nitrogens with two attached hydrogens (primary N) is 1. The second-order valence-electron chi connectivity index (χ2n) is 8.26. The number of nitrogens with zero attached hydrogens (tertiary/aromatic N) is 3. The number of benzene rings is 1. The summed E-state index contributed by atoms with van der Waals surface area (Å²) in [6, 6.07) is 12.4. The van der Waals surface area contributed by atoms with Crippen molar-refractivity contribution in [3.8, 4) is 11.1 Å². The third-order valence-electron chi connectivity index (χ3n) is 5.65. The quantitative estimate of drug-likeness (QED) is 0.693. The van der Waals surface area contributed by atoms with Gasteiger partial charge in [0.1, 0.15) is 0 Å². The number of aromatic nitrogens is 3. The third-order valence-corrected chi connectivity index (χ3v) is 5.65. The maximum atomic E-state index is 10.2. The van der Waals surface area contributed by atoms with Crippen LogP contribution in [0.1, 0.15) is 51.4 Å². The van der Waals surface area contributed by atoms with Gasteiger partial charge in [-0.3, -0.25) is 4.98 Å². The lowest BCUT2D eigenvalue weighted by atomic mass is 9.70. The van der Waals surface area contributed by atoms with Gasteiger partial charge in [0, 0.05) is 35.1 Å². The first-order chi connectivity index (χ1) is 13.1. The first-order valence-corrected chi connectivity index (χ1v) is 9.50. The van der Waals surface area contributed by atoms with E-state index in [1.54, 1.807) is 32.4 Å². The first-order valence-electron chi connectivity index (χ1n) is 9.50. The molecule has 146 valence electrons. The second kappa shape index (κ2) is 7.32. The minimum Gasteiger partial charge on any atom is -0.386 e. The van der Waals surface area contributed by atoms with Gasteiger partial charge in [-0.1, -0.05) is 44.2 Å². The van der Waals surface area contributed by atoms with Crippen LogP contribution in [0.15, 0.2) is 55.0 Å². The Kier molecular flexibility index (Phi) is 5.22. The molecule has 0 aliphatic heterocycles. The molecular weight excluding hydrogens is 348 g/mol. The largest absolute Gasteiger partial charge is 0.386 e. The average molecular weight is 377 g/mol. The highest BCUT2D eigenvalue weighted by atomic mass is 16.3. The van der Waals surface area contributed by atoms with Crippen LogP contribution in [0.5, 0.6) is 0 Å². The Balaban J connectivity index is 1.98. The minimum atomic E-state index is -0.900. The molecule has 2 heterocycles. The zero-order chi connectivity index (χ0) is 20.5. The van der Waals surface area contributed by atoms with E-state index in [4.69, 9.17) is 10.7 Å². The van der Waals surface area contributed by atoms with Gasteiger partial charge in [0.15, 0.2) is 0 Å². The van der Waals surface area contributed by atoms with Gasteiger partial charge < -0.3 is 10.8 Å². The van der Waals surface area contributed by atoms with E-state index in [9.17, 15) is 5.11 Å². The average Bonchev–Trinajstić information content (AvgIpc) is 2.67. The highest BCUT2D eigenvalue weighted by molar-refractivity contribution is 5.62. The summed E-state index contributed by atoms with van der Waals surface area (Å²) in [5.74, 6) is 0.604. The van der Waals surface area contributed by atoms with Crippen LogP contribution in [0.3, 0.4) is 0 Å². The number of anilines is 1. The standard InChI is InChI=1S/C23H28N4O/c1-15(2)23(5,20-11-10-19(14-25-20)22(3,4)28)18-8-6-16(7-9-18)17-12-26-21(24)27-13-17/h6-15,28H,1-5H3,(H2,24,26,27). The molecule has 0 saturated carbocycles. The molecule has 0 fully saturated rings. The van der Waals surface area contributed by atoms with E-state index in [1.807, 2.05) is 12.1 Å². The van der Waals surface area contributed by atoms with E-state index in [2.05, 4.69) is 55.0 Å². The van der Waals surface area contributed by atoms with Gasteiger partial charge in [-0.05, 0) is 43.9 Å². The number of hydrogen-bond donors (Lipinski definition) is 2. The summed E-state index contributed by atoms with van der Waals surface area (Å²) in [6.07, 6.45) is 5.24. The van der Waals surface area contributed by atoms with Gasteiger partial charge >= 0.3 is 0 Å². The maximum absolute atomic E-state index is 10.2. The predicted molar refractivity (Wildman–Crippen MR) is 113 cm³/mol. The molecule has 0 amide bonds. The Morgan fingerprint density at radius 3 is 1.82 bits per heavy atom. The van der Waals surface area contributed by atoms with E-state index in [0.29, 0.717) is 5.92 Å². The van der Waals surface area contributed by atoms with E-state index in [-0.39, 0.29) is 11.4 Å². The van der Waals surface area contributed by atoms with Crippen LogP contribution in [-0.2, 0) is 11.0 Å². The molecule has 3 aromatic rings. The Hall–Kier alpha value is -2.79. The summed E-state index contributed by atoms with van der Waals surface area (Å²) in [6.45, 7) is 10.2. The number of rotatable bonds is 5. The molecule has 1 unspecified atom stereocenters.